The molecule has 1 aliphatic carbocycles. The number of halogens is 2. The Bertz CT molecular complexity index is 531. The van der Waals surface area contributed by atoms with E-state index in [1.165, 1.54) is 24.0 Å². The summed E-state index contributed by atoms with van der Waals surface area (Å²) in [5.41, 5.74) is -0.0426. The van der Waals surface area contributed by atoms with Gasteiger partial charge in [0.05, 0.1) is 0 Å². The summed E-state index contributed by atoms with van der Waals surface area (Å²) in [4.78, 5) is 24.3. The number of carboxylic acid groups (broad SMARTS) is 1. The first kappa shape index (κ1) is 13.8. The van der Waals surface area contributed by atoms with Gasteiger partial charge in [-0.05, 0) is 25.0 Å². The van der Waals surface area contributed by atoms with Crippen LogP contribution in [-0.2, 0) is 9.59 Å². The second kappa shape index (κ2) is 5.17. The van der Waals surface area contributed by atoms with Crippen molar-refractivity contribution in [2.75, 3.05) is 0 Å². The second-order valence-electron chi connectivity index (χ2n) is 4.56. The molecule has 0 aromatic heterocycles. The Morgan fingerprint density at radius 1 is 1.47 bits per heavy atom. The van der Waals surface area contributed by atoms with E-state index < -0.39 is 17.8 Å². The number of hydrogen-bond acceptors (Lipinski definition) is 2. The summed E-state index contributed by atoms with van der Waals surface area (Å²) in [6.45, 7) is 1.29. The molecule has 0 heterocycles. The molecule has 0 radical (unpaired) electrons. The van der Waals surface area contributed by atoms with Gasteiger partial charge in [-0.2, -0.15) is 0 Å². The minimum Gasteiger partial charge on any atom is -0.479 e. The summed E-state index contributed by atoms with van der Waals surface area (Å²) in [6.07, 6.45) is 1.50. The summed E-state index contributed by atoms with van der Waals surface area (Å²) in [7, 11) is 0. The van der Waals surface area contributed by atoms with E-state index in [0.717, 1.165) is 18.9 Å². The Kier molecular flexibility index (Phi) is 3.75. The third kappa shape index (κ3) is 2.87. The lowest BCUT2D eigenvalue weighted by atomic mass is 10.0. The van der Waals surface area contributed by atoms with Crippen molar-refractivity contribution in [2.45, 2.75) is 31.8 Å². The Hall–Kier alpha value is -1.62. The van der Waals surface area contributed by atoms with Crippen molar-refractivity contribution in [1.82, 2.24) is 4.90 Å². The fourth-order valence-electron chi connectivity index (χ4n) is 2.13. The summed E-state index contributed by atoms with van der Waals surface area (Å²) >= 11 is 5.65. The Labute approximate surface area is 114 Å². The van der Waals surface area contributed by atoms with E-state index in [4.69, 9.17) is 11.6 Å². The van der Waals surface area contributed by atoms with Crippen molar-refractivity contribution >= 4 is 23.5 Å². The van der Waals surface area contributed by atoms with Crippen LogP contribution in [0.3, 0.4) is 0 Å². The predicted molar refractivity (Wildman–Crippen MR) is 67.3 cm³/mol. The maximum absolute atomic E-state index is 13.9. The highest BCUT2D eigenvalue weighted by molar-refractivity contribution is 6.30. The van der Waals surface area contributed by atoms with Crippen molar-refractivity contribution < 1.29 is 19.1 Å². The standard InChI is InChI=1S/C13H13ClFNO3/c1-7(17)16(9-3-4-9)12(13(18)19)10-5-2-8(14)6-11(10)15/h2,5-6,9,12H,3-4H2,1H3,(H,18,19). The second-order valence-corrected chi connectivity index (χ2v) is 5.00. The third-order valence-electron chi connectivity index (χ3n) is 3.07. The quantitative estimate of drug-likeness (QED) is 0.925. The fraction of sp³-hybridized carbons (Fsp3) is 0.385. The fourth-order valence-corrected chi connectivity index (χ4v) is 2.29. The summed E-state index contributed by atoms with van der Waals surface area (Å²) < 4.78 is 13.9. The molecular formula is C13H13ClFNO3. The van der Waals surface area contributed by atoms with Crippen LogP contribution in [0.25, 0.3) is 0 Å². The number of rotatable bonds is 4. The van der Waals surface area contributed by atoms with Crippen LogP contribution in [0.4, 0.5) is 4.39 Å². The van der Waals surface area contributed by atoms with Gasteiger partial charge in [-0.1, -0.05) is 17.7 Å². The summed E-state index contributed by atoms with van der Waals surface area (Å²) in [5, 5.41) is 9.51. The topological polar surface area (TPSA) is 57.6 Å². The number of aliphatic carboxylic acids is 1. The van der Waals surface area contributed by atoms with E-state index in [-0.39, 0.29) is 22.5 Å². The van der Waals surface area contributed by atoms with Crippen molar-refractivity contribution in [3.05, 3.63) is 34.6 Å². The molecule has 102 valence electrons. The Morgan fingerprint density at radius 3 is 2.53 bits per heavy atom. The zero-order chi connectivity index (χ0) is 14.2. The van der Waals surface area contributed by atoms with E-state index in [1.807, 2.05) is 0 Å². The zero-order valence-corrected chi connectivity index (χ0v) is 11.0. The van der Waals surface area contributed by atoms with Gasteiger partial charge in [0.2, 0.25) is 5.91 Å². The first-order valence-corrected chi connectivity index (χ1v) is 6.26. The van der Waals surface area contributed by atoms with Crippen LogP contribution >= 0.6 is 11.6 Å². The van der Waals surface area contributed by atoms with Gasteiger partial charge in [0.25, 0.3) is 0 Å². The lowest BCUT2D eigenvalue weighted by Crippen LogP contribution is -2.39. The van der Waals surface area contributed by atoms with Crippen LogP contribution in [0.5, 0.6) is 0 Å². The molecule has 1 amide bonds. The highest BCUT2D eigenvalue weighted by atomic mass is 35.5. The van der Waals surface area contributed by atoms with Gasteiger partial charge >= 0.3 is 5.97 Å². The van der Waals surface area contributed by atoms with Crippen molar-refractivity contribution in [2.24, 2.45) is 0 Å². The number of amides is 1. The van der Waals surface area contributed by atoms with E-state index in [9.17, 15) is 19.1 Å². The highest BCUT2D eigenvalue weighted by Gasteiger charge is 2.40. The number of nitrogens with zero attached hydrogens (tertiary/aromatic N) is 1. The Morgan fingerprint density at radius 2 is 2.11 bits per heavy atom. The van der Waals surface area contributed by atoms with Crippen LogP contribution < -0.4 is 0 Å². The molecule has 0 aliphatic heterocycles. The highest BCUT2D eigenvalue weighted by Crippen LogP contribution is 2.36. The maximum atomic E-state index is 13.9. The largest absolute Gasteiger partial charge is 0.479 e. The van der Waals surface area contributed by atoms with Crippen molar-refractivity contribution in [3.63, 3.8) is 0 Å². The van der Waals surface area contributed by atoms with Gasteiger partial charge in [-0.3, -0.25) is 4.79 Å². The molecule has 1 saturated carbocycles. The first-order chi connectivity index (χ1) is 8.91. The lowest BCUT2D eigenvalue weighted by Gasteiger charge is -2.28. The Balaban J connectivity index is 2.44. The number of carboxylic acids is 1. The van der Waals surface area contributed by atoms with Gasteiger partial charge in [-0.15, -0.1) is 0 Å². The number of carbonyl (C=O) groups excluding carboxylic acids is 1. The van der Waals surface area contributed by atoms with Crippen LogP contribution in [-0.4, -0.2) is 27.9 Å². The van der Waals surface area contributed by atoms with E-state index >= 15 is 0 Å². The molecule has 1 aromatic rings. The predicted octanol–water partition coefficient (Wildman–Crippen LogP) is 2.62. The van der Waals surface area contributed by atoms with Gasteiger partial charge in [0.15, 0.2) is 6.04 Å². The van der Waals surface area contributed by atoms with Crippen molar-refractivity contribution in [3.8, 4) is 0 Å². The van der Waals surface area contributed by atoms with Crippen molar-refractivity contribution in [1.29, 1.82) is 0 Å². The number of hydrogen-bond donors (Lipinski definition) is 1. The van der Waals surface area contributed by atoms with Crippen LogP contribution in [0.2, 0.25) is 5.02 Å². The number of benzene rings is 1. The van der Waals surface area contributed by atoms with Crippen LogP contribution in [0.15, 0.2) is 18.2 Å². The van der Waals surface area contributed by atoms with E-state index in [2.05, 4.69) is 0 Å². The normalized spacial score (nSPS) is 15.9. The van der Waals surface area contributed by atoms with E-state index in [0.29, 0.717) is 0 Å². The average molecular weight is 286 g/mol. The van der Waals surface area contributed by atoms with Gasteiger partial charge < -0.3 is 10.0 Å². The maximum Gasteiger partial charge on any atom is 0.331 e. The molecule has 0 bridgehead atoms. The molecule has 2 rings (SSSR count). The summed E-state index contributed by atoms with van der Waals surface area (Å²) in [5.74, 6) is -2.33. The summed E-state index contributed by atoms with van der Waals surface area (Å²) in [6, 6.07) is 2.37. The molecule has 1 atom stereocenters. The molecule has 0 saturated heterocycles. The molecule has 1 aromatic carbocycles. The monoisotopic (exact) mass is 285 g/mol. The van der Waals surface area contributed by atoms with Crippen LogP contribution in [0.1, 0.15) is 31.4 Å². The smallest absolute Gasteiger partial charge is 0.331 e. The zero-order valence-electron chi connectivity index (χ0n) is 10.3. The minimum absolute atomic E-state index is 0.0426. The molecule has 4 nitrogen and oxygen atoms in total. The molecule has 19 heavy (non-hydrogen) atoms. The van der Waals surface area contributed by atoms with Gasteiger partial charge in [0, 0.05) is 23.6 Å². The SMILES string of the molecule is CC(=O)N(C1CC1)C(C(=O)O)c1ccc(Cl)cc1F. The number of carbonyl (C=O) groups is 2. The van der Waals surface area contributed by atoms with E-state index in [1.54, 1.807) is 0 Å². The van der Waals surface area contributed by atoms with Gasteiger partial charge in [0.1, 0.15) is 5.82 Å². The first-order valence-electron chi connectivity index (χ1n) is 5.88. The molecule has 6 heteroatoms. The third-order valence-corrected chi connectivity index (χ3v) is 3.31. The lowest BCUT2D eigenvalue weighted by molar-refractivity contribution is -0.150. The molecule has 1 aliphatic rings. The minimum atomic E-state index is -1.30. The molecule has 1 fully saturated rings. The average Bonchev–Trinajstić information content (AvgIpc) is 3.10. The van der Waals surface area contributed by atoms with Crippen LogP contribution in [0, 0.1) is 5.82 Å². The van der Waals surface area contributed by atoms with Gasteiger partial charge in [-0.25, -0.2) is 9.18 Å². The molecule has 1 N–H and O–H groups in total. The molecule has 1 unspecified atom stereocenters. The molecular weight excluding hydrogens is 273 g/mol. The molecule has 0 spiro atoms.